The number of hydrogen-bond donors (Lipinski definition) is 0. The lowest BCUT2D eigenvalue weighted by molar-refractivity contribution is -0.608. The second-order valence-electron chi connectivity index (χ2n) is 4.01. The molecule has 21 heavy (non-hydrogen) atoms. The Kier molecular flexibility index (Phi) is 3.61. The molecule has 0 fully saturated rings. The van der Waals surface area contributed by atoms with Crippen LogP contribution < -0.4 is 4.73 Å². The largest absolute Gasteiger partial charge is 0.618 e. The number of carbonyl (C=O) groups is 1. The summed E-state index contributed by atoms with van der Waals surface area (Å²) in [6, 6.07) is 6.33. The summed E-state index contributed by atoms with van der Waals surface area (Å²) in [5, 5.41) is 19.0. The third-order valence-electron chi connectivity index (χ3n) is 2.61. The van der Waals surface area contributed by atoms with Crippen molar-refractivity contribution in [1.82, 2.24) is 10.1 Å². The van der Waals surface area contributed by atoms with E-state index in [1.807, 2.05) is 16.8 Å². The van der Waals surface area contributed by atoms with Crippen molar-refractivity contribution in [2.45, 2.75) is 6.61 Å². The Morgan fingerprint density at radius 1 is 1.43 bits per heavy atom. The molecule has 0 unspecified atom stereocenters. The van der Waals surface area contributed by atoms with Crippen LogP contribution >= 0.6 is 11.3 Å². The molecule has 3 heterocycles. The van der Waals surface area contributed by atoms with Crippen molar-refractivity contribution in [3.05, 3.63) is 58.0 Å². The number of nitrogens with zero attached hydrogens (tertiary/aromatic N) is 3. The number of carbonyl (C=O) groups excluding carboxylic acids is 1. The van der Waals surface area contributed by atoms with Gasteiger partial charge in [-0.25, -0.2) is 4.79 Å². The standard InChI is InChI=1S/C13H9N3O4S/c17-13(10-3-1-2-5-16(10)18)19-7-11-14-12(15-20-11)9-4-6-21-8-9/h1-6,8H,7H2. The number of hydrogen-bond acceptors (Lipinski definition) is 7. The van der Waals surface area contributed by atoms with E-state index in [1.165, 1.54) is 29.7 Å². The van der Waals surface area contributed by atoms with Crippen LogP contribution in [0.2, 0.25) is 0 Å². The predicted octanol–water partition coefficient (Wildman–Crippen LogP) is 1.79. The molecular formula is C13H9N3O4S. The molecule has 0 bridgehead atoms. The van der Waals surface area contributed by atoms with Gasteiger partial charge in [0.2, 0.25) is 5.82 Å². The molecule has 0 saturated carbocycles. The van der Waals surface area contributed by atoms with Crippen LogP contribution in [0.25, 0.3) is 11.4 Å². The molecule has 3 aromatic heterocycles. The van der Waals surface area contributed by atoms with E-state index in [-0.39, 0.29) is 18.2 Å². The Hall–Kier alpha value is -2.74. The first kappa shape index (κ1) is 13.3. The van der Waals surface area contributed by atoms with Gasteiger partial charge in [0.25, 0.3) is 5.89 Å². The van der Waals surface area contributed by atoms with Gasteiger partial charge in [-0.1, -0.05) is 5.16 Å². The quantitative estimate of drug-likeness (QED) is 0.414. The van der Waals surface area contributed by atoms with Gasteiger partial charge in [0, 0.05) is 23.1 Å². The fourth-order valence-electron chi connectivity index (χ4n) is 1.61. The zero-order valence-electron chi connectivity index (χ0n) is 10.6. The fourth-order valence-corrected chi connectivity index (χ4v) is 2.24. The number of pyridine rings is 1. The van der Waals surface area contributed by atoms with E-state index >= 15 is 0 Å². The van der Waals surface area contributed by atoms with Crippen molar-refractivity contribution in [1.29, 1.82) is 0 Å². The van der Waals surface area contributed by atoms with E-state index in [9.17, 15) is 10.0 Å². The topological polar surface area (TPSA) is 92.2 Å². The first-order chi connectivity index (χ1) is 10.2. The average molecular weight is 303 g/mol. The van der Waals surface area contributed by atoms with Crippen molar-refractivity contribution in [3.8, 4) is 11.4 Å². The van der Waals surface area contributed by atoms with E-state index in [2.05, 4.69) is 10.1 Å². The van der Waals surface area contributed by atoms with Crippen LogP contribution in [0.5, 0.6) is 0 Å². The Labute approximate surface area is 123 Å². The van der Waals surface area contributed by atoms with Crippen LogP contribution in [0.3, 0.4) is 0 Å². The summed E-state index contributed by atoms with van der Waals surface area (Å²) in [5.74, 6) is -0.153. The minimum Gasteiger partial charge on any atom is -0.618 e. The summed E-state index contributed by atoms with van der Waals surface area (Å²) < 4.78 is 10.4. The maximum atomic E-state index is 11.7. The molecule has 7 nitrogen and oxygen atoms in total. The Morgan fingerprint density at radius 2 is 2.33 bits per heavy atom. The molecule has 0 aliphatic carbocycles. The molecule has 0 spiro atoms. The van der Waals surface area contributed by atoms with Gasteiger partial charge in [0.1, 0.15) is 0 Å². The van der Waals surface area contributed by atoms with Crippen molar-refractivity contribution in [3.63, 3.8) is 0 Å². The monoisotopic (exact) mass is 303 g/mol. The highest BCUT2D eigenvalue weighted by atomic mass is 32.1. The summed E-state index contributed by atoms with van der Waals surface area (Å²) in [7, 11) is 0. The van der Waals surface area contributed by atoms with Crippen molar-refractivity contribution < 1.29 is 18.8 Å². The van der Waals surface area contributed by atoms with Gasteiger partial charge in [-0.3, -0.25) is 0 Å². The van der Waals surface area contributed by atoms with E-state index in [0.717, 1.165) is 5.56 Å². The molecule has 0 aliphatic rings. The second-order valence-corrected chi connectivity index (χ2v) is 4.79. The van der Waals surface area contributed by atoms with Crippen LogP contribution in [0.1, 0.15) is 16.4 Å². The van der Waals surface area contributed by atoms with Crippen LogP contribution in [0.15, 0.2) is 45.7 Å². The van der Waals surface area contributed by atoms with Crippen LogP contribution in [-0.4, -0.2) is 16.1 Å². The Bertz CT molecular complexity index is 754. The molecule has 0 amide bonds. The number of aromatic nitrogens is 3. The van der Waals surface area contributed by atoms with Gasteiger partial charge in [0.05, 0.1) is 0 Å². The Morgan fingerprint density at radius 3 is 3.10 bits per heavy atom. The maximum Gasteiger partial charge on any atom is 0.405 e. The van der Waals surface area contributed by atoms with Gasteiger partial charge in [0.15, 0.2) is 12.8 Å². The molecule has 0 aromatic carbocycles. The maximum absolute atomic E-state index is 11.7. The molecule has 3 aromatic rings. The predicted molar refractivity (Wildman–Crippen MR) is 72.1 cm³/mol. The third kappa shape index (κ3) is 2.90. The molecule has 0 radical (unpaired) electrons. The van der Waals surface area contributed by atoms with Crippen molar-refractivity contribution >= 4 is 17.3 Å². The fraction of sp³-hybridized carbons (Fsp3) is 0.0769. The summed E-state index contributed by atoms with van der Waals surface area (Å²) >= 11 is 1.52. The van der Waals surface area contributed by atoms with E-state index in [0.29, 0.717) is 10.6 Å². The van der Waals surface area contributed by atoms with Gasteiger partial charge in [-0.2, -0.15) is 21.1 Å². The normalized spacial score (nSPS) is 10.5. The number of thiophene rings is 1. The number of rotatable bonds is 4. The highest BCUT2D eigenvalue weighted by Crippen LogP contribution is 2.18. The molecule has 106 valence electrons. The highest BCUT2D eigenvalue weighted by Gasteiger charge is 2.18. The molecule has 0 atom stereocenters. The SMILES string of the molecule is O=C(OCc1nc(-c2ccsc2)no1)c1cccc[n+]1[O-]. The summed E-state index contributed by atoms with van der Waals surface area (Å²) in [6.45, 7) is -0.190. The van der Waals surface area contributed by atoms with Crippen molar-refractivity contribution in [2.24, 2.45) is 0 Å². The lowest BCUT2D eigenvalue weighted by atomic mass is 10.3. The van der Waals surface area contributed by atoms with Crippen LogP contribution in [-0.2, 0) is 11.3 Å². The third-order valence-corrected chi connectivity index (χ3v) is 3.29. The average Bonchev–Trinajstić information content (AvgIpc) is 3.16. The van der Waals surface area contributed by atoms with E-state index < -0.39 is 5.97 Å². The lowest BCUT2D eigenvalue weighted by Gasteiger charge is -2.02. The molecule has 0 saturated heterocycles. The second kappa shape index (κ2) is 5.71. The van der Waals surface area contributed by atoms with E-state index in [1.54, 1.807) is 6.07 Å². The van der Waals surface area contributed by atoms with Gasteiger partial charge < -0.3 is 14.5 Å². The minimum absolute atomic E-state index is 0.102. The molecular weight excluding hydrogens is 294 g/mol. The van der Waals surface area contributed by atoms with Crippen molar-refractivity contribution in [2.75, 3.05) is 0 Å². The van der Waals surface area contributed by atoms with E-state index in [4.69, 9.17) is 9.26 Å². The van der Waals surface area contributed by atoms with Crippen LogP contribution in [0, 0.1) is 5.21 Å². The first-order valence-electron chi connectivity index (χ1n) is 5.94. The molecule has 0 N–H and O–H groups in total. The lowest BCUT2D eigenvalue weighted by Crippen LogP contribution is -2.34. The molecule has 8 heteroatoms. The number of ether oxygens (including phenoxy) is 1. The summed E-state index contributed by atoms with van der Waals surface area (Å²) in [6.07, 6.45) is 1.22. The number of esters is 1. The van der Waals surface area contributed by atoms with Gasteiger partial charge in [-0.05, 0) is 17.5 Å². The zero-order chi connectivity index (χ0) is 14.7. The molecule has 3 rings (SSSR count). The summed E-state index contributed by atoms with van der Waals surface area (Å²) in [5.41, 5.74) is 0.733. The minimum atomic E-state index is -0.749. The summed E-state index contributed by atoms with van der Waals surface area (Å²) in [4.78, 5) is 15.9. The first-order valence-corrected chi connectivity index (χ1v) is 6.89. The van der Waals surface area contributed by atoms with Crippen LogP contribution in [0.4, 0.5) is 0 Å². The molecule has 0 aliphatic heterocycles. The van der Waals surface area contributed by atoms with Gasteiger partial charge >= 0.3 is 11.7 Å². The van der Waals surface area contributed by atoms with Gasteiger partial charge in [-0.15, -0.1) is 0 Å². The smallest absolute Gasteiger partial charge is 0.405 e. The highest BCUT2D eigenvalue weighted by molar-refractivity contribution is 7.08. The zero-order valence-corrected chi connectivity index (χ0v) is 11.4. The Balaban J connectivity index is 1.66.